The fraction of sp³-hybridized carbons (Fsp3) is 0.708. The topological polar surface area (TPSA) is 65.0 Å². The van der Waals surface area contributed by atoms with Crippen LogP contribution >= 0.6 is 0 Å². The normalized spacial score (nSPS) is 42.8. The summed E-state index contributed by atoms with van der Waals surface area (Å²) in [6.45, 7) is 12.8. The van der Waals surface area contributed by atoms with Gasteiger partial charge < -0.3 is 9.84 Å². The van der Waals surface area contributed by atoms with E-state index < -0.39 is 23.6 Å². The maximum Gasteiger partial charge on any atom is 0.308 e. The van der Waals surface area contributed by atoms with E-state index in [0.717, 1.165) is 19.3 Å². The van der Waals surface area contributed by atoms with Crippen LogP contribution < -0.4 is 0 Å². The molecule has 5 heteroatoms. The Morgan fingerprint density at radius 1 is 1.28 bits per heavy atom. The van der Waals surface area contributed by atoms with Crippen molar-refractivity contribution in [2.24, 2.45) is 17.3 Å². The lowest BCUT2D eigenvalue weighted by Crippen LogP contribution is -2.49. The molecule has 2 aliphatic heterocycles. The summed E-state index contributed by atoms with van der Waals surface area (Å²) >= 11 is 0. The average Bonchev–Trinajstić information content (AvgIpc) is 2.96. The van der Waals surface area contributed by atoms with Gasteiger partial charge in [0.05, 0.1) is 17.6 Å². The lowest BCUT2D eigenvalue weighted by Gasteiger charge is -2.49. The number of carboxylic acid groups (broad SMARTS) is 1. The molecule has 0 saturated carbocycles. The molecule has 2 saturated heterocycles. The van der Waals surface area contributed by atoms with Crippen LogP contribution in [0.4, 0.5) is 0 Å². The van der Waals surface area contributed by atoms with Crippen LogP contribution in [0.25, 0.3) is 0 Å². The molecule has 4 rings (SSSR count). The van der Waals surface area contributed by atoms with E-state index in [2.05, 4.69) is 45.9 Å². The number of hydrogen-bond acceptors (Lipinski definition) is 4. The van der Waals surface area contributed by atoms with Gasteiger partial charge in [0.15, 0.2) is 0 Å². The highest BCUT2D eigenvalue weighted by Crippen LogP contribution is 2.62. The zero-order valence-electron chi connectivity index (χ0n) is 18.5. The highest BCUT2D eigenvalue weighted by Gasteiger charge is 2.63. The molecule has 1 aromatic carbocycles. The van der Waals surface area contributed by atoms with Gasteiger partial charge in [0.25, 0.3) is 0 Å². The van der Waals surface area contributed by atoms with Crippen LogP contribution in [0.1, 0.15) is 70.6 Å². The van der Waals surface area contributed by atoms with Crippen LogP contribution in [-0.4, -0.2) is 28.9 Å². The van der Waals surface area contributed by atoms with Crippen molar-refractivity contribution in [3.63, 3.8) is 0 Å². The number of aliphatic carboxylic acids is 1. The first-order valence-corrected chi connectivity index (χ1v) is 10.9. The minimum atomic E-state index is -0.855. The van der Waals surface area contributed by atoms with E-state index in [1.165, 1.54) is 16.7 Å². The molecular weight excluding hydrogens is 368 g/mol. The van der Waals surface area contributed by atoms with Gasteiger partial charge in [0.2, 0.25) is 0 Å². The SMILES string of the molecule is Cc1ccc2c(c1)CC(C)C1(C)CC(C3(C)CCC(C(C)C(=O)O)OO3)OC21C. The van der Waals surface area contributed by atoms with Crippen molar-refractivity contribution in [1.82, 2.24) is 0 Å². The van der Waals surface area contributed by atoms with Crippen LogP contribution in [-0.2, 0) is 31.3 Å². The van der Waals surface area contributed by atoms with Gasteiger partial charge in [-0.15, -0.1) is 0 Å². The van der Waals surface area contributed by atoms with Gasteiger partial charge in [-0.25, -0.2) is 9.78 Å². The lowest BCUT2D eigenvalue weighted by atomic mass is 9.57. The van der Waals surface area contributed by atoms with Crippen molar-refractivity contribution in [2.45, 2.75) is 90.6 Å². The maximum absolute atomic E-state index is 11.3. The second-order valence-electron chi connectivity index (χ2n) is 10.2. The molecule has 5 nitrogen and oxygen atoms in total. The van der Waals surface area contributed by atoms with Crippen LogP contribution in [0.5, 0.6) is 0 Å². The second kappa shape index (κ2) is 6.79. The molecule has 2 fully saturated rings. The third kappa shape index (κ3) is 3.05. The Kier molecular flexibility index (Phi) is 4.88. The quantitative estimate of drug-likeness (QED) is 0.737. The molecule has 160 valence electrons. The molecule has 0 bridgehead atoms. The van der Waals surface area contributed by atoms with Gasteiger partial charge in [-0.3, -0.25) is 4.79 Å². The second-order valence-corrected chi connectivity index (χ2v) is 10.2. The molecule has 7 unspecified atom stereocenters. The fourth-order valence-corrected chi connectivity index (χ4v) is 5.73. The third-order valence-corrected chi connectivity index (χ3v) is 8.38. The van der Waals surface area contributed by atoms with E-state index in [4.69, 9.17) is 14.5 Å². The molecule has 1 aliphatic carbocycles. The molecule has 1 aromatic rings. The van der Waals surface area contributed by atoms with Crippen molar-refractivity contribution >= 4 is 5.97 Å². The predicted molar refractivity (Wildman–Crippen MR) is 109 cm³/mol. The Morgan fingerprint density at radius 2 is 2.00 bits per heavy atom. The van der Waals surface area contributed by atoms with Crippen LogP contribution in [0.15, 0.2) is 18.2 Å². The zero-order valence-corrected chi connectivity index (χ0v) is 18.5. The predicted octanol–water partition coefficient (Wildman–Crippen LogP) is 4.79. The molecule has 3 aliphatic rings. The minimum Gasteiger partial charge on any atom is -0.481 e. The Bertz CT molecular complexity index is 811. The Morgan fingerprint density at radius 3 is 2.62 bits per heavy atom. The van der Waals surface area contributed by atoms with E-state index in [1.54, 1.807) is 6.92 Å². The standard InChI is InChI=1S/C24H34O5/c1-14-7-8-18-17(11-14)12-15(2)22(4)13-20(27-24(18,22)6)23(5)10-9-19(28-29-23)16(3)21(25)26/h7-8,11,15-16,19-20H,9-10,12-13H2,1-6H3,(H,25,26). The highest BCUT2D eigenvalue weighted by molar-refractivity contribution is 5.70. The number of hydrogen-bond donors (Lipinski definition) is 1. The van der Waals surface area contributed by atoms with Gasteiger partial charge in [-0.1, -0.05) is 37.6 Å². The first-order chi connectivity index (χ1) is 13.5. The fourth-order valence-electron chi connectivity index (χ4n) is 5.73. The number of carboxylic acids is 1. The third-order valence-electron chi connectivity index (χ3n) is 8.38. The van der Waals surface area contributed by atoms with Gasteiger partial charge in [-0.05, 0) is 70.4 Å². The number of carbonyl (C=O) groups is 1. The van der Waals surface area contributed by atoms with Crippen LogP contribution in [0, 0.1) is 24.2 Å². The number of fused-ring (bicyclic) bond motifs is 3. The smallest absolute Gasteiger partial charge is 0.308 e. The minimum absolute atomic E-state index is 0.00248. The van der Waals surface area contributed by atoms with Crippen LogP contribution in [0.3, 0.4) is 0 Å². The van der Waals surface area contributed by atoms with Crippen molar-refractivity contribution < 1.29 is 24.4 Å². The van der Waals surface area contributed by atoms with E-state index >= 15 is 0 Å². The number of ether oxygens (including phenoxy) is 1. The zero-order chi connectivity index (χ0) is 21.2. The highest BCUT2D eigenvalue weighted by atomic mass is 17.2. The molecule has 0 radical (unpaired) electrons. The first-order valence-electron chi connectivity index (χ1n) is 10.9. The molecular formula is C24H34O5. The Labute approximate surface area is 173 Å². The lowest BCUT2D eigenvalue weighted by molar-refractivity contribution is -0.425. The summed E-state index contributed by atoms with van der Waals surface area (Å²) < 4.78 is 6.86. The molecule has 7 atom stereocenters. The van der Waals surface area contributed by atoms with E-state index in [1.807, 2.05) is 6.92 Å². The molecule has 29 heavy (non-hydrogen) atoms. The first kappa shape index (κ1) is 20.8. The van der Waals surface area contributed by atoms with E-state index in [-0.39, 0.29) is 17.1 Å². The number of rotatable bonds is 3. The summed E-state index contributed by atoms with van der Waals surface area (Å²) in [7, 11) is 0. The van der Waals surface area contributed by atoms with Crippen molar-refractivity contribution in [2.75, 3.05) is 0 Å². The van der Waals surface area contributed by atoms with Gasteiger partial charge in [-0.2, -0.15) is 0 Å². The Hall–Kier alpha value is -1.43. The summed E-state index contributed by atoms with van der Waals surface area (Å²) in [6, 6.07) is 6.71. The van der Waals surface area contributed by atoms with Gasteiger partial charge in [0, 0.05) is 5.41 Å². The summed E-state index contributed by atoms with van der Waals surface area (Å²) in [5.41, 5.74) is 3.01. The van der Waals surface area contributed by atoms with E-state index in [0.29, 0.717) is 12.3 Å². The van der Waals surface area contributed by atoms with Gasteiger partial charge in [0.1, 0.15) is 11.7 Å². The largest absolute Gasteiger partial charge is 0.481 e. The summed E-state index contributed by atoms with van der Waals surface area (Å²) in [4.78, 5) is 22.8. The van der Waals surface area contributed by atoms with Crippen molar-refractivity contribution in [1.29, 1.82) is 0 Å². The monoisotopic (exact) mass is 402 g/mol. The average molecular weight is 403 g/mol. The molecule has 1 N–H and O–H groups in total. The van der Waals surface area contributed by atoms with E-state index in [9.17, 15) is 9.90 Å². The molecule has 0 spiro atoms. The maximum atomic E-state index is 11.3. The summed E-state index contributed by atoms with van der Waals surface area (Å²) in [6.07, 6.45) is 2.82. The van der Waals surface area contributed by atoms with Crippen molar-refractivity contribution in [3.05, 3.63) is 34.9 Å². The molecule has 0 amide bonds. The number of aryl methyl sites for hydroxylation is 1. The number of benzene rings is 1. The summed E-state index contributed by atoms with van der Waals surface area (Å²) in [5, 5.41) is 9.27. The van der Waals surface area contributed by atoms with Crippen LogP contribution in [0.2, 0.25) is 0 Å². The molecule has 2 heterocycles. The Balaban J connectivity index is 1.60. The van der Waals surface area contributed by atoms with Crippen molar-refractivity contribution in [3.8, 4) is 0 Å². The summed E-state index contributed by atoms with van der Waals surface area (Å²) in [5.74, 6) is -0.956. The van der Waals surface area contributed by atoms with Gasteiger partial charge >= 0.3 is 5.97 Å². The molecule has 0 aromatic heterocycles.